The number of nitrogens with one attached hydrogen (secondary N) is 1. The molecule has 0 amide bonds. The number of hydrogen-bond acceptors (Lipinski definition) is 4. The van der Waals surface area contributed by atoms with Gasteiger partial charge in [0, 0.05) is 44.6 Å². The highest BCUT2D eigenvalue weighted by Crippen LogP contribution is 2.22. The Morgan fingerprint density at radius 3 is 3.05 bits per heavy atom. The second-order valence-corrected chi connectivity index (χ2v) is 4.54. The van der Waals surface area contributed by atoms with Gasteiger partial charge in [-0.05, 0) is 12.1 Å². The first-order chi connectivity index (χ1) is 9.74. The fraction of sp³-hybridized carbons (Fsp3) is 0.333. The topological polar surface area (TPSA) is 62.9 Å². The van der Waals surface area contributed by atoms with Gasteiger partial charge in [-0.1, -0.05) is 12.1 Å². The number of nitriles is 1. The van der Waals surface area contributed by atoms with Crippen molar-refractivity contribution >= 4 is 0 Å². The molecule has 5 nitrogen and oxygen atoms in total. The molecule has 2 rings (SSSR count). The average molecular weight is 270 g/mol. The maximum absolute atomic E-state index is 8.98. The summed E-state index contributed by atoms with van der Waals surface area (Å²) in [5.41, 5.74) is 3.63. The molecule has 0 saturated carbocycles. The van der Waals surface area contributed by atoms with Crippen molar-refractivity contribution in [2.75, 3.05) is 20.3 Å². The van der Waals surface area contributed by atoms with Gasteiger partial charge in [-0.3, -0.25) is 4.68 Å². The molecule has 1 heterocycles. The van der Waals surface area contributed by atoms with Crippen molar-refractivity contribution in [2.45, 2.75) is 6.54 Å². The molecular formula is C15H18N4O. The Balaban J connectivity index is 2.20. The highest BCUT2D eigenvalue weighted by Gasteiger charge is 2.10. The first-order valence-corrected chi connectivity index (χ1v) is 6.47. The SMILES string of the molecule is COCCNCc1cn(C)nc1-c1cccc(C#N)c1. The summed E-state index contributed by atoms with van der Waals surface area (Å²) in [5, 5.41) is 16.8. The fourth-order valence-electron chi connectivity index (χ4n) is 2.04. The van der Waals surface area contributed by atoms with Crippen LogP contribution >= 0.6 is 0 Å². The van der Waals surface area contributed by atoms with Crippen LogP contribution in [0.4, 0.5) is 0 Å². The van der Waals surface area contributed by atoms with Crippen molar-refractivity contribution in [3.05, 3.63) is 41.6 Å². The highest BCUT2D eigenvalue weighted by atomic mass is 16.5. The minimum absolute atomic E-state index is 0.645. The summed E-state index contributed by atoms with van der Waals surface area (Å²) in [4.78, 5) is 0. The Bertz CT molecular complexity index is 613. The van der Waals surface area contributed by atoms with Gasteiger partial charge in [0.1, 0.15) is 0 Å². The Kier molecular flexibility index (Phi) is 4.88. The summed E-state index contributed by atoms with van der Waals surface area (Å²) < 4.78 is 6.80. The molecule has 2 aromatic rings. The molecule has 1 aromatic heterocycles. The van der Waals surface area contributed by atoms with Gasteiger partial charge in [0.15, 0.2) is 0 Å². The number of methoxy groups -OCH3 is 1. The van der Waals surface area contributed by atoms with Crippen molar-refractivity contribution in [3.8, 4) is 17.3 Å². The second kappa shape index (κ2) is 6.85. The van der Waals surface area contributed by atoms with Gasteiger partial charge in [0.25, 0.3) is 0 Å². The van der Waals surface area contributed by atoms with E-state index in [4.69, 9.17) is 10.00 Å². The summed E-state index contributed by atoms with van der Waals surface area (Å²) in [6, 6.07) is 9.67. The number of ether oxygens (including phenoxy) is 1. The number of aryl methyl sites for hydroxylation is 1. The number of aromatic nitrogens is 2. The van der Waals surface area contributed by atoms with E-state index >= 15 is 0 Å². The molecule has 0 unspecified atom stereocenters. The summed E-state index contributed by atoms with van der Waals surface area (Å²) in [5.74, 6) is 0. The molecule has 0 spiro atoms. The molecule has 0 aliphatic carbocycles. The first-order valence-electron chi connectivity index (χ1n) is 6.47. The predicted molar refractivity (Wildman–Crippen MR) is 76.9 cm³/mol. The van der Waals surface area contributed by atoms with Crippen LogP contribution in [-0.2, 0) is 18.3 Å². The Labute approximate surface area is 118 Å². The molecule has 104 valence electrons. The molecule has 0 aliphatic rings. The van der Waals surface area contributed by atoms with E-state index < -0.39 is 0 Å². The van der Waals surface area contributed by atoms with E-state index in [0.717, 1.165) is 29.9 Å². The maximum Gasteiger partial charge on any atom is 0.0991 e. The van der Waals surface area contributed by atoms with Crippen molar-refractivity contribution < 1.29 is 4.74 Å². The molecule has 0 saturated heterocycles. The lowest BCUT2D eigenvalue weighted by Crippen LogP contribution is -2.18. The van der Waals surface area contributed by atoms with Crippen LogP contribution in [0.25, 0.3) is 11.3 Å². The van der Waals surface area contributed by atoms with Gasteiger partial charge >= 0.3 is 0 Å². The standard InChI is InChI=1S/C15H18N4O/c1-19-11-14(10-17-6-7-20-2)15(18-19)13-5-3-4-12(8-13)9-16/h3-5,8,11,17H,6-7,10H2,1-2H3. The Morgan fingerprint density at radius 2 is 2.30 bits per heavy atom. The summed E-state index contributed by atoms with van der Waals surface area (Å²) in [6.07, 6.45) is 1.99. The molecule has 0 radical (unpaired) electrons. The maximum atomic E-state index is 8.98. The van der Waals surface area contributed by atoms with E-state index in [0.29, 0.717) is 12.2 Å². The molecule has 1 N–H and O–H groups in total. The van der Waals surface area contributed by atoms with Gasteiger partial charge in [-0.25, -0.2) is 0 Å². The van der Waals surface area contributed by atoms with E-state index in [9.17, 15) is 0 Å². The largest absolute Gasteiger partial charge is 0.383 e. The lowest BCUT2D eigenvalue weighted by molar-refractivity contribution is 0.199. The molecule has 5 heteroatoms. The van der Waals surface area contributed by atoms with Crippen LogP contribution in [0.1, 0.15) is 11.1 Å². The highest BCUT2D eigenvalue weighted by molar-refractivity contribution is 5.64. The van der Waals surface area contributed by atoms with Gasteiger partial charge in [-0.2, -0.15) is 10.4 Å². The number of nitrogens with zero attached hydrogens (tertiary/aromatic N) is 3. The van der Waals surface area contributed by atoms with Crippen molar-refractivity contribution in [2.24, 2.45) is 7.05 Å². The van der Waals surface area contributed by atoms with Crippen LogP contribution in [0, 0.1) is 11.3 Å². The summed E-state index contributed by atoms with van der Waals surface area (Å²) >= 11 is 0. The minimum Gasteiger partial charge on any atom is -0.383 e. The van der Waals surface area contributed by atoms with Gasteiger partial charge in [-0.15, -0.1) is 0 Å². The van der Waals surface area contributed by atoms with Crippen LogP contribution in [0.15, 0.2) is 30.5 Å². The quantitative estimate of drug-likeness (QED) is 0.811. The molecule has 0 fully saturated rings. The zero-order valence-corrected chi connectivity index (χ0v) is 11.8. The molecule has 20 heavy (non-hydrogen) atoms. The van der Waals surface area contributed by atoms with Crippen molar-refractivity contribution in [3.63, 3.8) is 0 Å². The Hall–Kier alpha value is -2.16. The van der Waals surface area contributed by atoms with E-state index in [2.05, 4.69) is 16.5 Å². The van der Waals surface area contributed by atoms with Gasteiger partial charge in [0.2, 0.25) is 0 Å². The molecular weight excluding hydrogens is 252 g/mol. The van der Waals surface area contributed by atoms with Crippen LogP contribution < -0.4 is 5.32 Å². The summed E-state index contributed by atoms with van der Waals surface area (Å²) in [7, 11) is 3.58. The number of benzene rings is 1. The smallest absolute Gasteiger partial charge is 0.0991 e. The molecule has 1 aromatic carbocycles. The molecule has 0 aliphatic heterocycles. The average Bonchev–Trinajstić information content (AvgIpc) is 2.85. The minimum atomic E-state index is 0.645. The van der Waals surface area contributed by atoms with Crippen LogP contribution in [0.3, 0.4) is 0 Å². The van der Waals surface area contributed by atoms with E-state index in [1.165, 1.54) is 0 Å². The number of rotatable bonds is 6. The molecule has 0 atom stereocenters. The monoisotopic (exact) mass is 270 g/mol. The Morgan fingerprint density at radius 1 is 1.45 bits per heavy atom. The van der Waals surface area contributed by atoms with E-state index in [1.54, 1.807) is 17.9 Å². The predicted octanol–water partition coefficient (Wildman–Crippen LogP) is 1.69. The first kappa shape index (κ1) is 14.3. The zero-order chi connectivity index (χ0) is 14.4. The van der Waals surface area contributed by atoms with Crippen LogP contribution in [0.2, 0.25) is 0 Å². The fourth-order valence-corrected chi connectivity index (χ4v) is 2.04. The normalized spacial score (nSPS) is 10.4. The van der Waals surface area contributed by atoms with Crippen LogP contribution in [0.5, 0.6) is 0 Å². The third-order valence-electron chi connectivity index (χ3n) is 2.97. The van der Waals surface area contributed by atoms with Gasteiger partial charge in [0.05, 0.1) is 23.9 Å². The van der Waals surface area contributed by atoms with E-state index in [-0.39, 0.29) is 0 Å². The van der Waals surface area contributed by atoms with Crippen molar-refractivity contribution in [1.29, 1.82) is 5.26 Å². The van der Waals surface area contributed by atoms with Crippen molar-refractivity contribution in [1.82, 2.24) is 15.1 Å². The zero-order valence-electron chi connectivity index (χ0n) is 11.8. The second-order valence-electron chi connectivity index (χ2n) is 4.54. The number of hydrogen-bond donors (Lipinski definition) is 1. The third-order valence-corrected chi connectivity index (χ3v) is 2.97. The van der Waals surface area contributed by atoms with E-state index in [1.807, 2.05) is 31.4 Å². The molecule has 0 bridgehead atoms. The lowest BCUT2D eigenvalue weighted by Gasteiger charge is -2.05. The van der Waals surface area contributed by atoms with Gasteiger partial charge < -0.3 is 10.1 Å². The lowest BCUT2D eigenvalue weighted by atomic mass is 10.1. The third kappa shape index (κ3) is 3.44. The summed E-state index contributed by atoms with van der Waals surface area (Å²) in [6.45, 7) is 2.20. The van der Waals surface area contributed by atoms with Crippen LogP contribution in [-0.4, -0.2) is 30.0 Å².